The predicted octanol–water partition coefficient (Wildman–Crippen LogP) is 2.80. The Kier molecular flexibility index (Phi) is 6.81. The number of nitrogens with one attached hydrogen (secondary N) is 1. The van der Waals surface area contributed by atoms with Crippen LogP contribution in [-0.4, -0.2) is 33.4 Å². The molecule has 0 heterocycles. The second-order valence-corrected chi connectivity index (χ2v) is 4.83. The summed E-state index contributed by atoms with van der Waals surface area (Å²) in [5, 5.41) is 3.26. The van der Waals surface area contributed by atoms with Crippen molar-refractivity contribution in [2.45, 2.75) is 32.9 Å². The van der Waals surface area contributed by atoms with Crippen LogP contribution in [0.4, 0.5) is 10.1 Å². The number of rotatable bonds is 8. The Bertz CT molecular complexity index is 384. The fraction of sp³-hybridized carbons (Fsp3) is 0.600. The molecule has 19 heavy (non-hydrogen) atoms. The first-order valence-corrected chi connectivity index (χ1v) is 6.81. The molecule has 0 saturated heterocycles. The van der Waals surface area contributed by atoms with Gasteiger partial charge in [-0.3, -0.25) is 0 Å². The Morgan fingerprint density at radius 2 is 2.16 bits per heavy atom. The molecule has 1 unspecified atom stereocenters. The van der Waals surface area contributed by atoms with Crippen molar-refractivity contribution in [3.8, 4) is 0 Å². The summed E-state index contributed by atoms with van der Waals surface area (Å²) < 4.78 is 19.2. The number of halogens is 1. The minimum Gasteiger partial charge on any atom is -0.383 e. The lowest BCUT2D eigenvalue weighted by Crippen LogP contribution is -2.34. The Hall–Kier alpha value is -1.13. The molecule has 1 aromatic carbocycles. The van der Waals surface area contributed by atoms with Crippen molar-refractivity contribution in [3.05, 3.63) is 29.6 Å². The van der Waals surface area contributed by atoms with E-state index in [-0.39, 0.29) is 11.9 Å². The summed E-state index contributed by atoms with van der Waals surface area (Å²) >= 11 is 0. The van der Waals surface area contributed by atoms with Crippen molar-refractivity contribution in [3.63, 3.8) is 0 Å². The largest absolute Gasteiger partial charge is 0.383 e. The van der Waals surface area contributed by atoms with Gasteiger partial charge in [0.15, 0.2) is 0 Å². The highest BCUT2D eigenvalue weighted by Crippen LogP contribution is 2.24. The molecular weight excluding hydrogens is 243 g/mol. The van der Waals surface area contributed by atoms with Crippen molar-refractivity contribution in [2.75, 3.05) is 32.2 Å². The van der Waals surface area contributed by atoms with Crippen LogP contribution in [0.5, 0.6) is 0 Å². The lowest BCUT2D eigenvalue weighted by atomic mass is 10.1. The molecule has 0 radical (unpaired) electrons. The van der Waals surface area contributed by atoms with Gasteiger partial charge in [-0.2, -0.15) is 0 Å². The molecule has 1 N–H and O–H groups in total. The lowest BCUT2D eigenvalue weighted by Gasteiger charge is -2.28. The van der Waals surface area contributed by atoms with Crippen molar-refractivity contribution in [1.29, 1.82) is 0 Å². The number of anilines is 1. The maximum absolute atomic E-state index is 14.0. The number of hydrogen-bond donors (Lipinski definition) is 1. The van der Waals surface area contributed by atoms with E-state index >= 15 is 0 Å². The van der Waals surface area contributed by atoms with Crippen LogP contribution >= 0.6 is 0 Å². The van der Waals surface area contributed by atoms with Crippen LogP contribution < -0.4 is 10.2 Å². The second-order valence-electron chi connectivity index (χ2n) is 4.83. The van der Waals surface area contributed by atoms with E-state index in [9.17, 15) is 4.39 Å². The molecule has 0 aliphatic heterocycles. The standard InChI is InChI=1S/C15H25FN2O/c1-5-9-17-10-13-14(16)7-6-8-15(13)18(3)12(2)11-19-4/h6-8,12,17H,5,9-11H2,1-4H3. The first-order valence-electron chi connectivity index (χ1n) is 6.81. The fourth-order valence-corrected chi connectivity index (χ4v) is 2.03. The maximum atomic E-state index is 14.0. The number of likely N-dealkylation sites (N-methyl/N-ethyl adjacent to an activating group) is 1. The summed E-state index contributed by atoms with van der Waals surface area (Å²) in [7, 11) is 3.65. The predicted molar refractivity (Wildman–Crippen MR) is 78.1 cm³/mol. The van der Waals surface area contributed by atoms with Crippen LogP contribution in [0, 0.1) is 5.82 Å². The third-order valence-electron chi connectivity index (χ3n) is 3.27. The molecule has 0 saturated carbocycles. The first kappa shape index (κ1) is 15.9. The van der Waals surface area contributed by atoms with E-state index in [4.69, 9.17) is 4.74 Å². The van der Waals surface area contributed by atoms with E-state index < -0.39 is 0 Å². The number of nitrogens with zero attached hydrogens (tertiary/aromatic N) is 1. The zero-order valence-electron chi connectivity index (χ0n) is 12.4. The third-order valence-corrected chi connectivity index (χ3v) is 3.27. The zero-order chi connectivity index (χ0) is 14.3. The minimum absolute atomic E-state index is 0.155. The number of hydrogen-bond acceptors (Lipinski definition) is 3. The molecular formula is C15H25FN2O. The van der Waals surface area contributed by atoms with Gasteiger partial charge in [0, 0.05) is 38.0 Å². The highest BCUT2D eigenvalue weighted by Gasteiger charge is 2.15. The molecule has 0 spiro atoms. The molecule has 1 rings (SSSR count). The van der Waals surface area contributed by atoms with Crippen LogP contribution in [0.15, 0.2) is 18.2 Å². The summed E-state index contributed by atoms with van der Waals surface area (Å²) in [5.74, 6) is -0.155. The van der Waals surface area contributed by atoms with E-state index in [0.717, 1.165) is 24.2 Å². The van der Waals surface area contributed by atoms with Gasteiger partial charge in [0.2, 0.25) is 0 Å². The van der Waals surface area contributed by atoms with Gasteiger partial charge in [-0.1, -0.05) is 13.0 Å². The smallest absolute Gasteiger partial charge is 0.129 e. The Balaban J connectivity index is 2.89. The topological polar surface area (TPSA) is 24.5 Å². The van der Waals surface area contributed by atoms with Gasteiger partial charge in [-0.05, 0) is 32.0 Å². The molecule has 1 atom stereocenters. The number of ether oxygens (including phenoxy) is 1. The summed E-state index contributed by atoms with van der Waals surface area (Å²) in [6.07, 6.45) is 1.04. The normalized spacial score (nSPS) is 12.5. The SMILES string of the molecule is CCCNCc1c(F)cccc1N(C)C(C)COC. The molecule has 0 fully saturated rings. The summed E-state index contributed by atoms with van der Waals surface area (Å²) in [6, 6.07) is 5.43. The molecule has 1 aromatic rings. The van der Waals surface area contributed by atoms with E-state index in [1.165, 1.54) is 6.07 Å². The number of methoxy groups -OCH3 is 1. The average molecular weight is 268 g/mol. The highest BCUT2D eigenvalue weighted by atomic mass is 19.1. The van der Waals surface area contributed by atoms with Crippen LogP contribution in [0.1, 0.15) is 25.8 Å². The van der Waals surface area contributed by atoms with Crippen LogP contribution in [-0.2, 0) is 11.3 Å². The molecule has 3 nitrogen and oxygen atoms in total. The van der Waals surface area contributed by atoms with E-state index in [2.05, 4.69) is 24.1 Å². The van der Waals surface area contributed by atoms with E-state index in [0.29, 0.717) is 13.2 Å². The summed E-state index contributed by atoms with van der Waals surface area (Å²) in [4.78, 5) is 2.07. The van der Waals surface area contributed by atoms with Crippen molar-refractivity contribution < 1.29 is 9.13 Å². The Labute approximate surface area is 115 Å². The number of benzene rings is 1. The van der Waals surface area contributed by atoms with Gasteiger partial charge in [0.1, 0.15) is 5.82 Å². The van der Waals surface area contributed by atoms with Crippen LogP contribution in [0.3, 0.4) is 0 Å². The van der Waals surface area contributed by atoms with Gasteiger partial charge in [0.25, 0.3) is 0 Å². The zero-order valence-corrected chi connectivity index (χ0v) is 12.4. The molecule has 0 aliphatic carbocycles. The van der Waals surface area contributed by atoms with Gasteiger partial charge in [0.05, 0.1) is 6.61 Å². The first-order chi connectivity index (χ1) is 9.11. The minimum atomic E-state index is -0.155. The highest BCUT2D eigenvalue weighted by molar-refractivity contribution is 5.54. The maximum Gasteiger partial charge on any atom is 0.129 e. The Morgan fingerprint density at radius 3 is 2.79 bits per heavy atom. The van der Waals surface area contributed by atoms with Crippen LogP contribution in [0.25, 0.3) is 0 Å². The van der Waals surface area contributed by atoms with E-state index in [1.807, 2.05) is 13.1 Å². The lowest BCUT2D eigenvalue weighted by molar-refractivity contribution is 0.183. The summed E-state index contributed by atoms with van der Waals surface area (Å²) in [6.45, 7) is 6.24. The van der Waals surface area contributed by atoms with Crippen LogP contribution in [0.2, 0.25) is 0 Å². The van der Waals surface area contributed by atoms with Crippen molar-refractivity contribution in [2.24, 2.45) is 0 Å². The molecule has 0 aromatic heterocycles. The van der Waals surface area contributed by atoms with Gasteiger partial charge < -0.3 is 15.0 Å². The fourth-order valence-electron chi connectivity index (χ4n) is 2.03. The average Bonchev–Trinajstić information content (AvgIpc) is 2.40. The van der Waals surface area contributed by atoms with Gasteiger partial charge >= 0.3 is 0 Å². The summed E-state index contributed by atoms with van der Waals surface area (Å²) in [5.41, 5.74) is 1.65. The molecule has 0 amide bonds. The van der Waals surface area contributed by atoms with Gasteiger partial charge in [-0.25, -0.2) is 4.39 Å². The van der Waals surface area contributed by atoms with E-state index in [1.54, 1.807) is 13.2 Å². The quantitative estimate of drug-likeness (QED) is 0.734. The molecule has 4 heteroatoms. The molecule has 0 aliphatic rings. The monoisotopic (exact) mass is 268 g/mol. The Morgan fingerprint density at radius 1 is 1.42 bits per heavy atom. The van der Waals surface area contributed by atoms with Crippen molar-refractivity contribution >= 4 is 5.69 Å². The van der Waals surface area contributed by atoms with Gasteiger partial charge in [-0.15, -0.1) is 0 Å². The third kappa shape index (κ3) is 4.48. The molecule has 108 valence electrons. The second kappa shape index (κ2) is 8.12. The molecule has 0 bridgehead atoms. The van der Waals surface area contributed by atoms with Crippen molar-refractivity contribution in [1.82, 2.24) is 5.32 Å².